The monoisotopic (exact) mass is 428 g/mol. The zero-order chi connectivity index (χ0) is 21.1. The maximum Gasteiger partial charge on any atom is 0.271 e. The minimum atomic E-state index is -0.336. The first-order valence-electron chi connectivity index (χ1n) is 10.0. The van der Waals surface area contributed by atoms with Crippen molar-refractivity contribution < 1.29 is 4.79 Å². The van der Waals surface area contributed by atoms with Gasteiger partial charge in [-0.1, -0.05) is 18.7 Å². The second-order valence-corrected chi connectivity index (χ2v) is 8.23. The van der Waals surface area contributed by atoms with Crippen LogP contribution in [-0.4, -0.2) is 60.8 Å². The van der Waals surface area contributed by atoms with Gasteiger partial charge in [-0.3, -0.25) is 9.59 Å². The van der Waals surface area contributed by atoms with Crippen LogP contribution in [0, 0.1) is 0 Å². The van der Waals surface area contributed by atoms with Gasteiger partial charge in [-0.15, -0.1) is 0 Å². The van der Waals surface area contributed by atoms with Crippen molar-refractivity contribution in [1.29, 1.82) is 0 Å². The predicted octanol–water partition coefficient (Wildman–Crippen LogP) is 1.06. The quantitative estimate of drug-likeness (QED) is 0.439. The molecular weight excluding hydrogens is 404 g/mol. The Morgan fingerprint density at radius 2 is 2.03 bits per heavy atom. The van der Waals surface area contributed by atoms with Crippen LogP contribution < -0.4 is 15.8 Å². The molecule has 0 saturated carbocycles. The number of fused-ring (bicyclic) bond motifs is 1. The van der Waals surface area contributed by atoms with Crippen molar-refractivity contribution in [3.63, 3.8) is 0 Å². The molecule has 0 radical (unpaired) electrons. The summed E-state index contributed by atoms with van der Waals surface area (Å²) in [6, 6.07) is 2.75. The van der Waals surface area contributed by atoms with E-state index in [2.05, 4.69) is 27.3 Å². The van der Waals surface area contributed by atoms with Gasteiger partial charge in [0, 0.05) is 32.7 Å². The molecule has 1 aliphatic heterocycles. The summed E-state index contributed by atoms with van der Waals surface area (Å²) >= 11 is 1.61. The summed E-state index contributed by atoms with van der Waals surface area (Å²) in [5.74, 6) is 1.50. The third-order valence-corrected chi connectivity index (χ3v) is 5.67. The van der Waals surface area contributed by atoms with E-state index in [9.17, 15) is 9.59 Å². The molecule has 4 heterocycles. The van der Waals surface area contributed by atoms with Gasteiger partial charge in [0.25, 0.3) is 11.5 Å². The van der Waals surface area contributed by atoms with E-state index in [-0.39, 0.29) is 17.2 Å². The van der Waals surface area contributed by atoms with Crippen LogP contribution in [0.4, 0.5) is 5.82 Å². The maximum absolute atomic E-state index is 12.3. The Hall–Kier alpha value is -2.95. The van der Waals surface area contributed by atoms with Gasteiger partial charge in [-0.25, -0.2) is 19.3 Å². The maximum atomic E-state index is 12.3. The van der Waals surface area contributed by atoms with E-state index in [1.165, 1.54) is 32.0 Å². The van der Waals surface area contributed by atoms with Gasteiger partial charge in [-0.2, -0.15) is 10.2 Å². The number of thioether (sulfide) groups is 1. The zero-order valence-corrected chi connectivity index (χ0v) is 17.9. The molecule has 0 aromatic carbocycles. The number of aryl methyl sites for hydroxylation is 1. The standard InChI is InChI=1S/C19H24N8O2S/c1-3-30-19-22-16(26-9-4-5-10-26)13-12-21-27(17(13)23-19)11-8-20-18(29)14-6-7-15(28)25(2)24-14/h6-7,12H,3-5,8-11H2,1-2H3,(H,20,29). The number of aromatic nitrogens is 6. The second-order valence-electron chi connectivity index (χ2n) is 7.00. The van der Waals surface area contributed by atoms with Crippen molar-refractivity contribution in [2.75, 3.05) is 30.3 Å². The number of nitrogens with one attached hydrogen (secondary N) is 1. The molecule has 1 aliphatic rings. The van der Waals surface area contributed by atoms with Gasteiger partial charge >= 0.3 is 0 Å². The van der Waals surface area contributed by atoms with Crippen LogP contribution in [0.1, 0.15) is 30.3 Å². The molecule has 0 aliphatic carbocycles. The summed E-state index contributed by atoms with van der Waals surface area (Å²) in [4.78, 5) is 35.5. The molecular formula is C19H24N8O2S. The lowest BCUT2D eigenvalue weighted by Gasteiger charge is -2.17. The van der Waals surface area contributed by atoms with E-state index in [1.807, 2.05) is 0 Å². The first-order valence-corrected chi connectivity index (χ1v) is 11.0. The Bertz CT molecular complexity index is 1120. The van der Waals surface area contributed by atoms with Crippen LogP contribution in [0.15, 0.2) is 28.3 Å². The van der Waals surface area contributed by atoms with Crippen molar-refractivity contribution in [2.24, 2.45) is 7.05 Å². The fourth-order valence-electron chi connectivity index (χ4n) is 3.44. The molecule has 158 valence electrons. The van der Waals surface area contributed by atoms with Crippen LogP contribution in [0.2, 0.25) is 0 Å². The van der Waals surface area contributed by atoms with Gasteiger partial charge in [0.15, 0.2) is 10.8 Å². The van der Waals surface area contributed by atoms with Crippen LogP contribution in [0.3, 0.4) is 0 Å². The highest BCUT2D eigenvalue weighted by molar-refractivity contribution is 7.99. The average Bonchev–Trinajstić information content (AvgIpc) is 3.40. The first-order chi connectivity index (χ1) is 14.6. The minimum absolute atomic E-state index is 0.197. The molecule has 0 spiro atoms. The number of carbonyl (C=O) groups is 1. The van der Waals surface area contributed by atoms with Crippen molar-refractivity contribution in [2.45, 2.75) is 31.5 Å². The van der Waals surface area contributed by atoms with Crippen LogP contribution >= 0.6 is 11.8 Å². The predicted molar refractivity (Wildman–Crippen MR) is 115 cm³/mol. The lowest BCUT2D eigenvalue weighted by Crippen LogP contribution is -2.30. The van der Waals surface area contributed by atoms with Gasteiger partial charge in [-0.05, 0) is 24.7 Å². The Morgan fingerprint density at radius 1 is 1.23 bits per heavy atom. The highest BCUT2D eigenvalue weighted by Gasteiger charge is 2.20. The fraction of sp³-hybridized carbons (Fsp3) is 0.474. The number of hydrogen-bond acceptors (Lipinski definition) is 8. The average molecular weight is 429 g/mol. The Morgan fingerprint density at radius 3 is 2.77 bits per heavy atom. The van der Waals surface area contributed by atoms with E-state index in [0.717, 1.165) is 45.5 Å². The molecule has 3 aromatic rings. The third-order valence-electron chi connectivity index (χ3n) is 4.94. The molecule has 1 saturated heterocycles. The highest BCUT2D eigenvalue weighted by atomic mass is 32.2. The Labute approximate surface area is 177 Å². The number of carbonyl (C=O) groups excluding carboxylic acids is 1. The lowest BCUT2D eigenvalue weighted by molar-refractivity contribution is 0.0944. The summed E-state index contributed by atoms with van der Waals surface area (Å²) in [6.45, 7) is 4.90. The molecule has 1 N–H and O–H groups in total. The third kappa shape index (κ3) is 4.16. The Balaban J connectivity index is 1.51. The lowest BCUT2D eigenvalue weighted by atomic mass is 10.3. The van der Waals surface area contributed by atoms with Crippen LogP contribution in [-0.2, 0) is 13.6 Å². The topological polar surface area (TPSA) is 111 Å². The molecule has 0 bridgehead atoms. The normalized spacial score (nSPS) is 13.9. The molecule has 0 unspecified atom stereocenters. The fourth-order valence-corrected chi connectivity index (χ4v) is 4.00. The number of hydrogen-bond donors (Lipinski definition) is 1. The van der Waals surface area contributed by atoms with E-state index >= 15 is 0 Å². The highest BCUT2D eigenvalue weighted by Crippen LogP contribution is 2.29. The van der Waals surface area contributed by atoms with E-state index in [4.69, 9.17) is 9.97 Å². The minimum Gasteiger partial charge on any atom is -0.356 e. The number of anilines is 1. The second kappa shape index (κ2) is 8.82. The van der Waals surface area contributed by atoms with E-state index < -0.39 is 0 Å². The molecule has 1 fully saturated rings. The molecule has 3 aromatic heterocycles. The molecule has 11 heteroatoms. The molecule has 1 amide bonds. The number of nitrogens with zero attached hydrogens (tertiary/aromatic N) is 7. The summed E-state index contributed by atoms with van der Waals surface area (Å²) < 4.78 is 2.93. The molecule has 10 nitrogen and oxygen atoms in total. The Kier molecular flexibility index (Phi) is 5.98. The number of rotatable bonds is 7. The summed E-state index contributed by atoms with van der Waals surface area (Å²) in [5.41, 5.74) is 0.712. The summed E-state index contributed by atoms with van der Waals surface area (Å²) in [5, 5.41) is 13.0. The van der Waals surface area contributed by atoms with Crippen LogP contribution in [0.5, 0.6) is 0 Å². The summed E-state index contributed by atoms with van der Waals surface area (Å²) in [7, 11) is 1.51. The first kappa shape index (κ1) is 20.3. The SMILES string of the molecule is CCSc1nc(N2CCCC2)c2cnn(CCNC(=O)c3ccc(=O)n(C)n3)c2n1. The van der Waals surface area contributed by atoms with E-state index in [1.54, 1.807) is 22.6 Å². The summed E-state index contributed by atoms with van der Waals surface area (Å²) in [6.07, 6.45) is 4.14. The van der Waals surface area contributed by atoms with Gasteiger partial charge in [0.05, 0.1) is 18.1 Å². The van der Waals surface area contributed by atoms with Crippen molar-refractivity contribution in [3.8, 4) is 0 Å². The largest absolute Gasteiger partial charge is 0.356 e. The van der Waals surface area contributed by atoms with Crippen molar-refractivity contribution in [1.82, 2.24) is 34.8 Å². The molecule has 0 atom stereocenters. The van der Waals surface area contributed by atoms with Gasteiger partial charge in [0.2, 0.25) is 0 Å². The van der Waals surface area contributed by atoms with Crippen LogP contribution in [0.25, 0.3) is 11.0 Å². The zero-order valence-electron chi connectivity index (χ0n) is 17.0. The number of amides is 1. The van der Waals surface area contributed by atoms with Crippen molar-refractivity contribution in [3.05, 3.63) is 34.4 Å². The van der Waals surface area contributed by atoms with Crippen molar-refractivity contribution >= 4 is 34.5 Å². The van der Waals surface area contributed by atoms with E-state index in [0.29, 0.717) is 13.1 Å². The smallest absolute Gasteiger partial charge is 0.271 e. The van der Waals surface area contributed by atoms with Gasteiger partial charge in [0.1, 0.15) is 11.5 Å². The van der Waals surface area contributed by atoms with Gasteiger partial charge < -0.3 is 10.2 Å². The molecule has 4 rings (SSSR count). The molecule has 30 heavy (non-hydrogen) atoms.